The standard InChI is InChI=1S/C18H28N2O4/c1-18(2,3)24-17(23)20(13-14-9-5-4-6-10-14)15(16(21)22)11-7-8-12-19/h4-6,9-10,15H,7-8,11-13,19H2,1-3H3,(H,21,22)/t15-/m0/s1. The Morgan fingerprint density at radius 2 is 1.83 bits per heavy atom. The molecule has 134 valence electrons. The second kappa shape index (κ2) is 9.27. The summed E-state index contributed by atoms with van der Waals surface area (Å²) in [4.78, 5) is 25.6. The molecule has 0 heterocycles. The average molecular weight is 336 g/mol. The van der Waals surface area contributed by atoms with Gasteiger partial charge in [0.05, 0.1) is 0 Å². The van der Waals surface area contributed by atoms with E-state index in [0.29, 0.717) is 19.4 Å². The Kier molecular flexibility index (Phi) is 7.71. The molecule has 0 aliphatic heterocycles. The van der Waals surface area contributed by atoms with Crippen LogP contribution >= 0.6 is 0 Å². The summed E-state index contributed by atoms with van der Waals surface area (Å²) >= 11 is 0. The fourth-order valence-corrected chi connectivity index (χ4v) is 2.30. The zero-order valence-electron chi connectivity index (χ0n) is 14.7. The largest absolute Gasteiger partial charge is 0.480 e. The summed E-state index contributed by atoms with van der Waals surface area (Å²) in [5.41, 5.74) is 5.65. The molecule has 1 amide bonds. The maximum atomic E-state index is 12.6. The number of carbonyl (C=O) groups excluding carboxylic acids is 1. The van der Waals surface area contributed by atoms with Crippen molar-refractivity contribution in [1.82, 2.24) is 4.90 Å². The number of carboxylic acids is 1. The maximum absolute atomic E-state index is 12.6. The molecule has 1 aromatic carbocycles. The Hall–Kier alpha value is -2.08. The molecule has 0 saturated carbocycles. The van der Waals surface area contributed by atoms with Crippen LogP contribution in [-0.4, -0.2) is 40.3 Å². The molecule has 6 nitrogen and oxygen atoms in total. The Morgan fingerprint density at radius 3 is 2.33 bits per heavy atom. The molecule has 0 saturated heterocycles. The second-order valence-corrected chi connectivity index (χ2v) is 6.73. The number of nitrogens with two attached hydrogens (primary N) is 1. The first kappa shape index (κ1) is 20.0. The van der Waals surface area contributed by atoms with E-state index < -0.39 is 23.7 Å². The number of benzene rings is 1. The molecule has 0 aliphatic carbocycles. The maximum Gasteiger partial charge on any atom is 0.411 e. The van der Waals surface area contributed by atoms with Gasteiger partial charge in [-0.15, -0.1) is 0 Å². The van der Waals surface area contributed by atoms with E-state index in [0.717, 1.165) is 12.0 Å². The SMILES string of the molecule is CC(C)(C)OC(=O)N(Cc1ccccc1)[C@@H](CCCCN)C(=O)O. The summed E-state index contributed by atoms with van der Waals surface area (Å²) in [6, 6.07) is 8.36. The molecule has 1 atom stereocenters. The first-order valence-electron chi connectivity index (χ1n) is 8.21. The molecule has 3 N–H and O–H groups in total. The van der Waals surface area contributed by atoms with E-state index in [1.54, 1.807) is 20.8 Å². The van der Waals surface area contributed by atoms with Gasteiger partial charge in [-0.2, -0.15) is 0 Å². The number of aliphatic carboxylic acids is 1. The van der Waals surface area contributed by atoms with Gasteiger partial charge in [-0.1, -0.05) is 30.3 Å². The lowest BCUT2D eigenvalue weighted by Gasteiger charge is -2.31. The number of hydrogen-bond donors (Lipinski definition) is 2. The van der Waals surface area contributed by atoms with Crippen LogP contribution in [0.2, 0.25) is 0 Å². The molecule has 1 aromatic rings. The summed E-state index contributed by atoms with van der Waals surface area (Å²) in [7, 11) is 0. The molecule has 1 rings (SSSR count). The predicted octanol–water partition coefficient (Wildman–Crippen LogP) is 3.01. The minimum Gasteiger partial charge on any atom is -0.480 e. The highest BCUT2D eigenvalue weighted by atomic mass is 16.6. The van der Waals surface area contributed by atoms with Crippen LogP contribution in [-0.2, 0) is 16.1 Å². The fourth-order valence-electron chi connectivity index (χ4n) is 2.30. The molecule has 0 aromatic heterocycles. The fraction of sp³-hybridized carbons (Fsp3) is 0.556. The predicted molar refractivity (Wildman–Crippen MR) is 92.5 cm³/mol. The summed E-state index contributed by atoms with van der Waals surface area (Å²) in [6.45, 7) is 5.97. The summed E-state index contributed by atoms with van der Waals surface area (Å²) in [5.74, 6) is -1.03. The normalized spacial score (nSPS) is 12.5. The molecule has 6 heteroatoms. The lowest BCUT2D eigenvalue weighted by Crippen LogP contribution is -2.46. The van der Waals surface area contributed by atoms with Crippen molar-refractivity contribution in [1.29, 1.82) is 0 Å². The van der Waals surface area contributed by atoms with Crippen LogP contribution in [0.3, 0.4) is 0 Å². The third kappa shape index (κ3) is 7.00. The lowest BCUT2D eigenvalue weighted by atomic mass is 10.1. The number of rotatable bonds is 8. The molecule has 0 radical (unpaired) electrons. The van der Waals surface area contributed by atoms with Crippen LogP contribution in [0.4, 0.5) is 4.79 Å². The monoisotopic (exact) mass is 336 g/mol. The highest BCUT2D eigenvalue weighted by molar-refractivity contribution is 5.80. The van der Waals surface area contributed by atoms with Gasteiger partial charge >= 0.3 is 12.1 Å². The van der Waals surface area contributed by atoms with Gasteiger partial charge in [-0.25, -0.2) is 9.59 Å². The summed E-state index contributed by atoms with van der Waals surface area (Å²) < 4.78 is 5.41. The van der Waals surface area contributed by atoms with E-state index >= 15 is 0 Å². The number of carbonyl (C=O) groups is 2. The smallest absolute Gasteiger partial charge is 0.411 e. The van der Waals surface area contributed by atoms with Gasteiger partial charge < -0.3 is 15.6 Å². The van der Waals surface area contributed by atoms with Crippen molar-refractivity contribution in [3.05, 3.63) is 35.9 Å². The topological polar surface area (TPSA) is 92.9 Å². The summed E-state index contributed by atoms with van der Waals surface area (Å²) in [5, 5.41) is 9.59. The zero-order valence-corrected chi connectivity index (χ0v) is 14.7. The van der Waals surface area contributed by atoms with Crippen LogP contribution in [0.25, 0.3) is 0 Å². The second-order valence-electron chi connectivity index (χ2n) is 6.73. The Balaban J connectivity index is 2.99. The van der Waals surface area contributed by atoms with E-state index in [1.165, 1.54) is 4.90 Å². The molecule has 0 unspecified atom stereocenters. The quantitative estimate of drug-likeness (QED) is 0.712. The van der Waals surface area contributed by atoms with Gasteiger partial charge in [0.2, 0.25) is 0 Å². The van der Waals surface area contributed by atoms with Crippen molar-refractivity contribution < 1.29 is 19.4 Å². The van der Waals surface area contributed by atoms with E-state index in [2.05, 4.69) is 0 Å². The van der Waals surface area contributed by atoms with Crippen molar-refractivity contribution in [3.63, 3.8) is 0 Å². The number of carboxylic acid groups (broad SMARTS) is 1. The minimum absolute atomic E-state index is 0.190. The average Bonchev–Trinajstić information content (AvgIpc) is 2.49. The molecule has 0 aliphatic rings. The van der Waals surface area contributed by atoms with Crippen molar-refractivity contribution in [2.45, 2.75) is 58.2 Å². The van der Waals surface area contributed by atoms with E-state index in [9.17, 15) is 14.7 Å². The van der Waals surface area contributed by atoms with Crippen LogP contribution in [0.5, 0.6) is 0 Å². The molecular formula is C18H28N2O4. The number of amides is 1. The van der Waals surface area contributed by atoms with Crippen LogP contribution in [0.1, 0.15) is 45.6 Å². The highest BCUT2D eigenvalue weighted by Gasteiger charge is 2.32. The number of unbranched alkanes of at least 4 members (excludes halogenated alkanes) is 1. The molecular weight excluding hydrogens is 308 g/mol. The van der Waals surface area contributed by atoms with E-state index in [-0.39, 0.29) is 6.54 Å². The highest BCUT2D eigenvalue weighted by Crippen LogP contribution is 2.18. The number of ether oxygens (including phenoxy) is 1. The van der Waals surface area contributed by atoms with Gasteiger partial charge in [0.25, 0.3) is 0 Å². The molecule has 0 fully saturated rings. The number of hydrogen-bond acceptors (Lipinski definition) is 4. The Bertz CT molecular complexity index is 526. The van der Waals surface area contributed by atoms with Crippen LogP contribution in [0.15, 0.2) is 30.3 Å². The number of nitrogens with zero attached hydrogens (tertiary/aromatic N) is 1. The first-order valence-corrected chi connectivity index (χ1v) is 8.21. The summed E-state index contributed by atoms with van der Waals surface area (Å²) in [6.07, 6.45) is 1.09. The third-order valence-electron chi connectivity index (χ3n) is 3.42. The van der Waals surface area contributed by atoms with Gasteiger partial charge in [-0.3, -0.25) is 4.90 Å². The van der Waals surface area contributed by atoms with Gasteiger partial charge in [-0.05, 0) is 52.1 Å². The Morgan fingerprint density at radius 1 is 1.21 bits per heavy atom. The van der Waals surface area contributed by atoms with Crippen molar-refractivity contribution >= 4 is 12.1 Å². The van der Waals surface area contributed by atoms with E-state index in [4.69, 9.17) is 10.5 Å². The van der Waals surface area contributed by atoms with Crippen LogP contribution < -0.4 is 5.73 Å². The van der Waals surface area contributed by atoms with Crippen LogP contribution in [0, 0.1) is 0 Å². The molecule has 0 bridgehead atoms. The van der Waals surface area contributed by atoms with Gasteiger partial charge in [0.15, 0.2) is 0 Å². The first-order chi connectivity index (χ1) is 11.2. The third-order valence-corrected chi connectivity index (χ3v) is 3.42. The van der Waals surface area contributed by atoms with E-state index in [1.807, 2.05) is 30.3 Å². The molecule has 24 heavy (non-hydrogen) atoms. The van der Waals surface area contributed by atoms with Gasteiger partial charge in [0.1, 0.15) is 11.6 Å². The van der Waals surface area contributed by atoms with Crippen molar-refractivity contribution in [2.24, 2.45) is 5.73 Å². The minimum atomic E-state index is -1.03. The van der Waals surface area contributed by atoms with Crippen molar-refractivity contribution in [2.75, 3.05) is 6.54 Å². The Labute approximate surface area is 143 Å². The van der Waals surface area contributed by atoms with Crippen molar-refractivity contribution in [3.8, 4) is 0 Å². The lowest BCUT2D eigenvalue weighted by molar-refractivity contribution is -0.143. The molecule has 0 spiro atoms. The van der Waals surface area contributed by atoms with Gasteiger partial charge in [0, 0.05) is 6.54 Å². The zero-order chi connectivity index (χ0) is 18.2.